The van der Waals surface area contributed by atoms with Crippen molar-refractivity contribution in [3.05, 3.63) is 56.7 Å². The minimum Gasteiger partial charge on any atom is -0.438 e. The minimum absolute atomic E-state index is 0.0416. The van der Waals surface area contributed by atoms with Gasteiger partial charge in [-0.15, -0.1) is 0 Å². The van der Waals surface area contributed by atoms with E-state index in [9.17, 15) is 10.1 Å². The van der Waals surface area contributed by atoms with Crippen LogP contribution in [-0.4, -0.2) is 9.91 Å². The smallest absolute Gasteiger partial charge is 0.269 e. The van der Waals surface area contributed by atoms with Gasteiger partial charge in [-0.25, -0.2) is 4.98 Å². The van der Waals surface area contributed by atoms with Gasteiger partial charge in [-0.3, -0.25) is 10.1 Å². The lowest BCUT2D eigenvalue weighted by molar-refractivity contribution is -0.384. The summed E-state index contributed by atoms with van der Waals surface area (Å²) in [7, 11) is 0. The van der Waals surface area contributed by atoms with E-state index in [1.165, 1.54) is 12.1 Å². The van der Waals surface area contributed by atoms with Crippen molar-refractivity contribution in [3.8, 4) is 11.6 Å². The lowest BCUT2D eigenvalue weighted by atomic mass is 10.2. The Kier molecular flexibility index (Phi) is 3.57. The van der Waals surface area contributed by atoms with E-state index in [2.05, 4.69) is 20.9 Å². The summed E-state index contributed by atoms with van der Waals surface area (Å²) in [6.45, 7) is 1.75. The molecule has 1 aromatic heterocycles. The standard InChI is InChI=1S/C12H9BrN2O3/c1-8-7-9(15(16)17)4-5-11(8)18-12-10(13)3-2-6-14-12/h2-7H,1H3. The third-order valence-electron chi connectivity index (χ3n) is 2.30. The fourth-order valence-corrected chi connectivity index (χ4v) is 1.75. The molecule has 2 rings (SSSR count). The molecule has 0 saturated carbocycles. The highest BCUT2D eigenvalue weighted by atomic mass is 79.9. The second-order valence-corrected chi connectivity index (χ2v) is 4.45. The lowest BCUT2D eigenvalue weighted by Crippen LogP contribution is -1.93. The number of aryl methyl sites for hydroxylation is 1. The predicted octanol–water partition coefficient (Wildman–Crippen LogP) is 3.85. The molecule has 0 aliphatic carbocycles. The highest BCUT2D eigenvalue weighted by molar-refractivity contribution is 9.10. The maximum absolute atomic E-state index is 10.6. The zero-order valence-corrected chi connectivity index (χ0v) is 11.0. The van der Waals surface area contributed by atoms with Crippen LogP contribution in [-0.2, 0) is 0 Å². The molecule has 0 aliphatic rings. The van der Waals surface area contributed by atoms with Crippen molar-refractivity contribution in [1.29, 1.82) is 0 Å². The highest BCUT2D eigenvalue weighted by Crippen LogP contribution is 2.30. The molecule has 92 valence electrons. The van der Waals surface area contributed by atoms with Crippen LogP contribution < -0.4 is 4.74 Å². The number of rotatable bonds is 3. The van der Waals surface area contributed by atoms with E-state index in [1.807, 2.05) is 6.07 Å². The molecule has 6 heteroatoms. The maximum atomic E-state index is 10.6. The Labute approximate surface area is 112 Å². The number of halogens is 1. The van der Waals surface area contributed by atoms with Crippen LogP contribution in [0.1, 0.15) is 5.56 Å². The zero-order chi connectivity index (χ0) is 13.1. The Hall–Kier alpha value is -1.95. The van der Waals surface area contributed by atoms with Crippen LogP contribution in [0, 0.1) is 17.0 Å². The number of ether oxygens (including phenoxy) is 1. The molecule has 0 bridgehead atoms. The number of hydrogen-bond donors (Lipinski definition) is 0. The molecular formula is C12H9BrN2O3. The predicted molar refractivity (Wildman–Crippen MR) is 69.8 cm³/mol. The Morgan fingerprint density at radius 2 is 2.17 bits per heavy atom. The SMILES string of the molecule is Cc1cc([N+](=O)[O-])ccc1Oc1ncccc1Br. The third kappa shape index (κ3) is 2.65. The normalized spacial score (nSPS) is 10.1. The van der Waals surface area contributed by atoms with E-state index in [0.29, 0.717) is 17.2 Å². The molecule has 0 fully saturated rings. The highest BCUT2D eigenvalue weighted by Gasteiger charge is 2.10. The number of non-ortho nitro benzene ring substituents is 1. The van der Waals surface area contributed by atoms with Crippen molar-refractivity contribution in [2.45, 2.75) is 6.92 Å². The first kappa shape index (κ1) is 12.5. The van der Waals surface area contributed by atoms with Gasteiger partial charge in [0.15, 0.2) is 0 Å². The lowest BCUT2D eigenvalue weighted by Gasteiger charge is -2.08. The Balaban J connectivity index is 2.30. The Morgan fingerprint density at radius 3 is 2.78 bits per heavy atom. The monoisotopic (exact) mass is 308 g/mol. The summed E-state index contributed by atoms with van der Waals surface area (Å²) < 4.78 is 6.32. The van der Waals surface area contributed by atoms with E-state index in [4.69, 9.17) is 4.74 Å². The van der Waals surface area contributed by atoms with E-state index < -0.39 is 4.92 Å². The molecule has 0 amide bonds. The van der Waals surface area contributed by atoms with Crippen LogP contribution in [0.3, 0.4) is 0 Å². The molecule has 1 heterocycles. The van der Waals surface area contributed by atoms with Gasteiger partial charge >= 0.3 is 0 Å². The summed E-state index contributed by atoms with van der Waals surface area (Å²) in [5, 5.41) is 10.6. The fourth-order valence-electron chi connectivity index (χ4n) is 1.41. The van der Waals surface area contributed by atoms with Gasteiger partial charge in [0, 0.05) is 18.3 Å². The zero-order valence-electron chi connectivity index (χ0n) is 9.46. The average molecular weight is 309 g/mol. The van der Waals surface area contributed by atoms with Crippen molar-refractivity contribution >= 4 is 21.6 Å². The summed E-state index contributed by atoms with van der Waals surface area (Å²) in [5.41, 5.74) is 0.724. The van der Waals surface area contributed by atoms with E-state index in [-0.39, 0.29) is 5.69 Å². The minimum atomic E-state index is -0.437. The van der Waals surface area contributed by atoms with Crippen LogP contribution in [0.2, 0.25) is 0 Å². The largest absolute Gasteiger partial charge is 0.438 e. The number of hydrogen-bond acceptors (Lipinski definition) is 4. The van der Waals surface area contributed by atoms with Gasteiger partial charge < -0.3 is 4.74 Å². The number of aromatic nitrogens is 1. The first-order valence-electron chi connectivity index (χ1n) is 5.11. The van der Waals surface area contributed by atoms with Crippen LogP contribution in [0.5, 0.6) is 11.6 Å². The van der Waals surface area contributed by atoms with Gasteiger partial charge in [-0.2, -0.15) is 0 Å². The second-order valence-electron chi connectivity index (χ2n) is 3.60. The molecule has 1 aromatic carbocycles. The molecule has 0 N–H and O–H groups in total. The maximum Gasteiger partial charge on any atom is 0.269 e. The second kappa shape index (κ2) is 5.14. The van der Waals surface area contributed by atoms with Crippen LogP contribution in [0.4, 0.5) is 5.69 Å². The summed E-state index contributed by atoms with van der Waals surface area (Å²) in [4.78, 5) is 14.3. The number of benzene rings is 1. The van der Waals surface area contributed by atoms with Crippen molar-refractivity contribution in [1.82, 2.24) is 4.98 Å². The molecule has 0 spiro atoms. The summed E-state index contributed by atoms with van der Waals surface area (Å²) in [5.74, 6) is 0.967. The Morgan fingerprint density at radius 1 is 1.39 bits per heavy atom. The number of pyridine rings is 1. The molecular weight excluding hydrogens is 300 g/mol. The van der Waals surface area contributed by atoms with Gasteiger partial charge in [-0.05, 0) is 46.6 Å². The summed E-state index contributed by atoms with van der Waals surface area (Å²) >= 11 is 3.32. The Bertz CT molecular complexity index is 602. The molecule has 0 saturated heterocycles. The first-order chi connectivity index (χ1) is 8.58. The third-order valence-corrected chi connectivity index (χ3v) is 2.90. The molecule has 0 unspecified atom stereocenters. The van der Waals surface area contributed by atoms with Crippen molar-refractivity contribution in [3.63, 3.8) is 0 Å². The van der Waals surface area contributed by atoms with Gasteiger partial charge in [-0.1, -0.05) is 0 Å². The van der Waals surface area contributed by atoms with Crippen molar-refractivity contribution in [2.75, 3.05) is 0 Å². The molecule has 5 nitrogen and oxygen atoms in total. The molecule has 0 radical (unpaired) electrons. The summed E-state index contributed by atoms with van der Waals surface area (Å²) in [6, 6.07) is 8.02. The van der Waals surface area contributed by atoms with Gasteiger partial charge in [0.2, 0.25) is 5.88 Å². The first-order valence-corrected chi connectivity index (χ1v) is 5.90. The molecule has 0 aliphatic heterocycles. The number of nitro benzene ring substituents is 1. The van der Waals surface area contributed by atoms with E-state index >= 15 is 0 Å². The van der Waals surface area contributed by atoms with Crippen LogP contribution in [0.15, 0.2) is 41.0 Å². The van der Waals surface area contributed by atoms with Crippen LogP contribution in [0.25, 0.3) is 0 Å². The molecule has 2 aromatic rings. The van der Waals surface area contributed by atoms with Gasteiger partial charge in [0.05, 0.1) is 9.40 Å². The number of nitro groups is 1. The summed E-state index contributed by atoms with van der Waals surface area (Å²) in [6.07, 6.45) is 1.61. The van der Waals surface area contributed by atoms with Crippen molar-refractivity contribution < 1.29 is 9.66 Å². The van der Waals surface area contributed by atoms with Crippen LogP contribution >= 0.6 is 15.9 Å². The molecule has 18 heavy (non-hydrogen) atoms. The fraction of sp³-hybridized carbons (Fsp3) is 0.0833. The van der Waals surface area contributed by atoms with Gasteiger partial charge in [0.25, 0.3) is 5.69 Å². The quantitative estimate of drug-likeness (QED) is 0.638. The topological polar surface area (TPSA) is 65.3 Å². The van der Waals surface area contributed by atoms with Gasteiger partial charge in [0.1, 0.15) is 5.75 Å². The average Bonchev–Trinajstić information content (AvgIpc) is 2.34. The number of nitrogens with zero attached hydrogens (tertiary/aromatic N) is 2. The van der Waals surface area contributed by atoms with Crippen molar-refractivity contribution in [2.24, 2.45) is 0 Å². The van der Waals surface area contributed by atoms with E-state index in [0.717, 1.165) is 4.47 Å². The molecule has 0 atom stereocenters. The van der Waals surface area contributed by atoms with E-state index in [1.54, 1.807) is 25.3 Å².